The smallest absolute Gasteiger partial charge is 0.155 e. The molecule has 4 nitrogen and oxygen atoms in total. The Hall–Kier alpha value is -2.56. The van der Waals surface area contributed by atoms with Crippen LogP contribution >= 0.6 is 0 Å². The molecule has 2 aromatic carbocycles. The third kappa shape index (κ3) is 5.22. The van der Waals surface area contributed by atoms with Crippen LogP contribution in [-0.4, -0.2) is 23.1 Å². The highest BCUT2D eigenvalue weighted by Crippen LogP contribution is 2.34. The van der Waals surface area contributed by atoms with E-state index in [0.29, 0.717) is 18.3 Å². The maximum Gasteiger partial charge on any atom is 0.155 e. The highest BCUT2D eigenvalue weighted by atomic mass is 16.5. The molecule has 0 fully saturated rings. The van der Waals surface area contributed by atoms with Crippen LogP contribution in [-0.2, 0) is 11.2 Å². The van der Waals surface area contributed by atoms with E-state index in [1.807, 2.05) is 49.4 Å². The van der Waals surface area contributed by atoms with E-state index in [2.05, 4.69) is 31.2 Å². The zero-order chi connectivity index (χ0) is 19.2. The molecule has 2 N–H and O–H groups in total. The Morgan fingerprint density at radius 3 is 2.48 bits per heavy atom. The van der Waals surface area contributed by atoms with E-state index in [-0.39, 0.29) is 12.3 Å². The number of hydrogen-bond acceptors (Lipinski definition) is 4. The van der Waals surface area contributed by atoms with E-state index in [9.17, 15) is 0 Å². The molecule has 142 valence electrons. The molecule has 27 heavy (non-hydrogen) atoms. The Labute approximate surface area is 160 Å². The number of aliphatic hydroxyl groups is 2. The fraction of sp³-hybridized carbons (Fsp3) is 0.304. The highest BCUT2D eigenvalue weighted by molar-refractivity contribution is 5.40. The maximum absolute atomic E-state index is 9.14. The van der Waals surface area contributed by atoms with Crippen LogP contribution in [0.1, 0.15) is 30.9 Å². The summed E-state index contributed by atoms with van der Waals surface area (Å²) in [6.45, 7) is 4.84. The minimum Gasteiger partial charge on any atom is -0.494 e. The molecule has 0 aromatic heterocycles. The van der Waals surface area contributed by atoms with Gasteiger partial charge < -0.3 is 19.7 Å². The summed E-state index contributed by atoms with van der Waals surface area (Å²) in [5.74, 6) is 2.97. The van der Waals surface area contributed by atoms with Crippen molar-refractivity contribution in [3.63, 3.8) is 0 Å². The van der Waals surface area contributed by atoms with Crippen molar-refractivity contribution in [2.75, 3.05) is 6.61 Å². The van der Waals surface area contributed by atoms with Gasteiger partial charge in [-0.3, -0.25) is 0 Å². The van der Waals surface area contributed by atoms with E-state index in [0.717, 1.165) is 17.1 Å². The van der Waals surface area contributed by atoms with Crippen molar-refractivity contribution >= 4 is 0 Å². The van der Waals surface area contributed by atoms with Gasteiger partial charge in [0.25, 0.3) is 0 Å². The molecule has 0 saturated heterocycles. The summed E-state index contributed by atoms with van der Waals surface area (Å²) in [4.78, 5) is 0. The van der Waals surface area contributed by atoms with Gasteiger partial charge in [-0.15, -0.1) is 0 Å². The molecule has 4 heteroatoms. The van der Waals surface area contributed by atoms with Gasteiger partial charge in [-0.2, -0.15) is 0 Å². The quantitative estimate of drug-likeness (QED) is 0.706. The Balaban J connectivity index is 1.74. The van der Waals surface area contributed by atoms with Crippen molar-refractivity contribution in [2.45, 2.75) is 32.5 Å². The Kier molecular flexibility index (Phi) is 6.32. The number of allylic oxidation sites excluding steroid dienone is 3. The van der Waals surface area contributed by atoms with Crippen LogP contribution in [0.15, 0.2) is 72.5 Å². The summed E-state index contributed by atoms with van der Waals surface area (Å²) in [6.07, 6.45) is 5.18. The van der Waals surface area contributed by atoms with Crippen molar-refractivity contribution in [1.29, 1.82) is 0 Å². The SMILES string of the molecule is CCOC1=CC(C)C(c2cccc(Oc3cccc(CC(O)O)c3)c2)C=C1. The molecule has 0 bridgehead atoms. The molecule has 0 spiro atoms. The molecular weight excluding hydrogens is 340 g/mol. The molecule has 2 unspecified atom stereocenters. The predicted molar refractivity (Wildman–Crippen MR) is 106 cm³/mol. The molecule has 1 aliphatic rings. The largest absolute Gasteiger partial charge is 0.494 e. The normalized spacial score (nSPS) is 19.1. The van der Waals surface area contributed by atoms with Crippen molar-refractivity contribution < 1.29 is 19.7 Å². The minimum absolute atomic E-state index is 0.177. The van der Waals surface area contributed by atoms with Gasteiger partial charge in [0.05, 0.1) is 6.61 Å². The van der Waals surface area contributed by atoms with E-state index in [1.54, 1.807) is 0 Å². The van der Waals surface area contributed by atoms with Gasteiger partial charge in [0.1, 0.15) is 17.3 Å². The fourth-order valence-corrected chi connectivity index (χ4v) is 3.34. The van der Waals surface area contributed by atoms with Crippen LogP contribution in [0.2, 0.25) is 0 Å². The summed E-state index contributed by atoms with van der Waals surface area (Å²) in [5.41, 5.74) is 2.00. The van der Waals surface area contributed by atoms with E-state index in [1.165, 1.54) is 5.56 Å². The Morgan fingerprint density at radius 2 is 1.78 bits per heavy atom. The lowest BCUT2D eigenvalue weighted by molar-refractivity contribution is -0.0381. The molecule has 0 saturated carbocycles. The Morgan fingerprint density at radius 1 is 1.04 bits per heavy atom. The first kappa shape index (κ1) is 19.2. The first-order valence-electron chi connectivity index (χ1n) is 9.31. The molecular formula is C23H26O4. The lowest BCUT2D eigenvalue weighted by Crippen LogP contribution is -2.10. The standard InChI is InChI=1S/C23H26O4/c1-3-26-19-10-11-22(16(2)12-19)18-7-5-9-21(15-18)27-20-8-4-6-17(13-20)14-23(24)25/h4-13,15-16,22-25H,3,14H2,1-2H3. The first-order valence-corrected chi connectivity index (χ1v) is 9.31. The van der Waals surface area contributed by atoms with Gasteiger partial charge in [-0.05, 0) is 60.4 Å². The summed E-state index contributed by atoms with van der Waals surface area (Å²) < 4.78 is 11.6. The van der Waals surface area contributed by atoms with E-state index in [4.69, 9.17) is 19.7 Å². The summed E-state index contributed by atoms with van der Waals surface area (Å²) in [7, 11) is 0. The van der Waals surface area contributed by atoms with Crippen molar-refractivity contribution in [3.05, 3.63) is 83.6 Å². The minimum atomic E-state index is -1.36. The van der Waals surface area contributed by atoms with Crippen LogP contribution in [0.3, 0.4) is 0 Å². The second kappa shape index (κ2) is 8.89. The second-order valence-electron chi connectivity index (χ2n) is 6.75. The number of aliphatic hydroxyl groups excluding tert-OH is 1. The van der Waals surface area contributed by atoms with Crippen LogP contribution < -0.4 is 4.74 Å². The van der Waals surface area contributed by atoms with Gasteiger partial charge in [-0.25, -0.2) is 0 Å². The van der Waals surface area contributed by atoms with Crippen molar-refractivity contribution in [1.82, 2.24) is 0 Å². The molecule has 2 atom stereocenters. The van der Waals surface area contributed by atoms with E-state index < -0.39 is 6.29 Å². The number of ether oxygens (including phenoxy) is 2. The molecule has 0 radical (unpaired) electrons. The topological polar surface area (TPSA) is 58.9 Å². The molecule has 0 heterocycles. The molecule has 3 rings (SSSR count). The van der Waals surface area contributed by atoms with Gasteiger partial charge in [0.15, 0.2) is 6.29 Å². The Bertz CT molecular complexity index is 823. The zero-order valence-electron chi connectivity index (χ0n) is 15.7. The second-order valence-corrected chi connectivity index (χ2v) is 6.75. The molecule has 0 aliphatic heterocycles. The van der Waals surface area contributed by atoms with Gasteiger partial charge >= 0.3 is 0 Å². The fourth-order valence-electron chi connectivity index (χ4n) is 3.34. The average Bonchev–Trinajstić information content (AvgIpc) is 2.62. The third-order valence-corrected chi connectivity index (χ3v) is 4.57. The molecule has 2 aromatic rings. The lowest BCUT2D eigenvalue weighted by atomic mass is 9.84. The first-order chi connectivity index (χ1) is 13.0. The maximum atomic E-state index is 9.14. The average molecular weight is 366 g/mol. The van der Waals surface area contributed by atoms with Crippen LogP contribution in [0, 0.1) is 5.92 Å². The highest BCUT2D eigenvalue weighted by Gasteiger charge is 2.20. The van der Waals surface area contributed by atoms with Gasteiger partial charge in [-0.1, -0.05) is 37.3 Å². The van der Waals surface area contributed by atoms with Crippen molar-refractivity contribution in [2.24, 2.45) is 5.92 Å². The van der Waals surface area contributed by atoms with Gasteiger partial charge in [0.2, 0.25) is 0 Å². The van der Waals surface area contributed by atoms with Crippen LogP contribution in [0.25, 0.3) is 0 Å². The zero-order valence-corrected chi connectivity index (χ0v) is 15.7. The summed E-state index contributed by atoms with van der Waals surface area (Å²) in [5, 5.41) is 18.3. The summed E-state index contributed by atoms with van der Waals surface area (Å²) >= 11 is 0. The van der Waals surface area contributed by atoms with Crippen LogP contribution in [0.4, 0.5) is 0 Å². The van der Waals surface area contributed by atoms with Crippen molar-refractivity contribution in [3.8, 4) is 11.5 Å². The molecule has 0 amide bonds. The number of hydrogen-bond donors (Lipinski definition) is 2. The van der Waals surface area contributed by atoms with E-state index >= 15 is 0 Å². The van der Waals surface area contributed by atoms with Gasteiger partial charge in [0, 0.05) is 12.3 Å². The number of rotatable bonds is 7. The molecule has 1 aliphatic carbocycles. The third-order valence-electron chi connectivity index (χ3n) is 4.57. The predicted octanol–water partition coefficient (Wildman–Crippen LogP) is 4.54. The summed E-state index contributed by atoms with van der Waals surface area (Å²) in [6, 6.07) is 15.5. The lowest BCUT2D eigenvalue weighted by Gasteiger charge is -2.23. The van der Waals surface area contributed by atoms with Crippen LogP contribution in [0.5, 0.6) is 11.5 Å². The monoisotopic (exact) mass is 366 g/mol. The number of benzene rings is 2.